The van der Waals surface area contributed by atoms with E-state index in [9.17, 15) is 4.79 Å². The third-order valence-corrected chi connectivity index (χ3v) is 6.42. The molecule has 1 aliphatic heterocycles. The quantitative estimate of drug-likeness (QED) is 0.828. The first-order chi connectivity index (χ1) is 9.77. The standard InChI is InChI=1S/C17H28N2O/c20-16(18-11-17(9-10-17)13-6-7-13)15-8-5-12-3-1-2-4-14(12)19-15/h12-15,19H,1-11H2,(H,18,20). The largest absolute Gasteiger partial charge is 0.354 e. The zero-order chi connectivity index (χ0) is 13.6. The Labute approximate surface area is 122 Å². The Bertz CT molecular complexity index is 386. The van der Waals surface area contributed by atoms with Crippen LogP contribution in [0.4, 0.5) is 0 Å². The van der Waals surface area contributed by atoms with E-state index in [1.165, 1.54) is 57.8 Å². The fourth-order valence-electron chi connectivity index (χ4n) is 4.67. The first-order valence-corrected chi connectivity index (χ1v) is 8.81. The minimum atomic E-state index is 0.0874. The van der Waals surface area contributed by atoms with E-state index >= 15 is 0 Å². The highest BCUT2D eigenvalue weighted by molar-refractivity contribution is 5.82. The van der Waals surface area contributed by atoms with E-state index in [2.05, 4.69) is 10.6 Å². The molecule has 3 heteroatoms. The summed E-state index contributed by atoms with van der Waals surface area (Å²) in [6.07, 6.45) is 13.2. The van der Waals surface area contributed by atoms with Crippen molar-refractivity contribution >= 4 is 5.91 Å². The number of fused-ring (bicyclic) bond motifs is 1. The van der Waals surface area contributed by atoms with E-state index in [1.807, 2.05) is 0 Å². The van der Waals surface area contributed by atoms with Crippen LogP contribution in [0.3, 0.4) is 0 Å². The van der Waals surface area contributed by atoms with E-state index in [-0.39, 0.29) is 11.9 Å². The smallest absolute Gasteiger partial charge is 0.237 e. The van der Waals surface area contributed by atoms with Crippen LogP contribution in [-0.4, -0.2) is 24.5 Å². The van der Waals surface area contributed by atoms with Crippen LogP contribution >= 0.6 is 0 Å². The van der Waals surface area contributed by atoms with Crippen LogP contribution < -0.4 is 10.6 Å². The predicted molar refractivity (Wildman–Crippen MR) is 79.3 cm³/mol. The topological polar surface area (TPSA) is 41.1 Å². The number of hydrogen-bond donors (Lipinski definition) is 2. The average molecular weight is 276 g/mol. The molecule has 4 aliphatic rings. The van der Waals surface area contributed by atoms with Crippen molar-refractivity contribution in [1.29, 1.82) is 0 Å². The van der Waals surface area contributed by atoms with Gasteiger partial charge in [0.2, 0.25) is 5.91 Å². The molecule has 4 rings (SSSR count). The second kappa shape index (κ2) is 5.01. The predicted octanol–water partition coefficient (Wildman–Crippen LogP) is 2.60. The van der Waals surface area contributed by atoms with Crippen LogP contribution in [0.2, 0.25) is 0 Å². The summed E-state index contributed by atoms with van der Waals surface area (Å²) in [5.74, 6) is 2.06. The van der Waals surface area contributed by atoms with Gasteiger partial charge in [0.1, 0.15) is 0 Å². The van der Waals surface area contributed by atoms with Crippen molar-refractivity contribution in [3.05, 3.63) is 0 Å². The summed E-state index contributed by atoms with van der Waals surface area (Å²) < 4.78 is 0. The highest BCUT2D eigenvalue weighted by atomic mass is 16.2. The van der Waals surface area contributed by atoms with Gasteiger partial charge in [-0.25, -0.2) is 0 Å². The van der Waals surface area contributed by atoms with Gasteiger partial charge < -0.3 is 10.6 Å². The zero-order valence-electron chi connectivity index (χ0n) is 12.5. The molecule has 1 amide bonds. The van der Waals surface area contributed by atoms with Gasteiger partial charge in [0, 0.05) is 12.6 Å². The maximum atomic E-state index is 12.4. The number of rotatable bonds is 4. The molecule has 20 heavy (non-hydrogen) atoms. The van der Waals surface area contributed by atoms with Crippen molar-refractivity contribution in [2.45, 2.75) is 76.3 Å². The van der Waals surface area contributed by atoms with E-state index in [1.54, 1.807) is 0 Å². The van der Waals surface area contributed by atoms with Crippen molar-refractivity contribution in [3.8, 4) is 0 Å². The fraction of sp³-hybridized carbons (Fsp3) is 0.941. The molecule has 1 saturated heterocycles. The summed E-state index contributed by atoms with van der Waals surface area (Å²) >= 11 is 0. The fourth-order valence-corrected chi connectivity index (χ4v) is 4.67. The second-order valence-electron chi connectivity index (χ2n) is 7.80. The Balaban J connectivity index is 1.28. The monoisotopic (exact) mass is 276 g/mol. The molecule has 0 aromatic heterocycles. The zero-order valence-corrected chi connectivity index (χ0v) is 12.5. The summed E-state index contributed by atoms with van der Waals surface area (Å²) in [7, 11) is 0. The lowest BCUT2D eigenvalue weighted by Gasteiger charge is -2.40. The molecule has 3 nitrogen and oxygen atoms in total. The van der Waals surface area contributed by atoms with E-state index in [0.29, 0.717) is 11.5 Å². The molecule has 3 aliphatic carbocycles. The second-order valence-corrected chi connectivity index (χ2v) is 7.80. The van der Waals surface area contributed by atoms with Gasteiger partial charge in [-0.1, -0.05) is 12.8 Å². The number of carbonyl (C=O) groups is 1. The molecule has 0 spiro atoms. The third-order valence-electron chi connectivity index (χ3n) is 6.42. The highest BCUT2D eigenvalue weighted by Crippen LogP contribution is 2.60. The van der Waals surface area contributed by atoms with Gasteiger partial charge in [0.05, 0.1) is 6.04 Å². The molecule has 0 bridgehead atoms. The molecule has 0 aromatic rings. The lowest BCUT2D eigenvalue weighted by molar-refractivity contribution is -0.124. The van der Waals surface area contributed by atoms with Crippen LogP contribution in [0.15, 0.2) is 0 Å². The van der Waals surface area contributed by atoms with Crippen molar-refractivity contribution in [2.24, 2.45) is 17.3 Å². The lowest BCUT2D eigenvalue weighted by atomic mass is 9.77. The number of piperidine rings is 1. The lowest BCUT2D eigenvalue weighted by Crippen LogP contribution is -2.55. The highest BCUT2D eigenvalue weighted by Gasteiger charge is 2.53. The maximum absolute atomic E-state index is 12.4. The molecular formula is C17H28N2O. The minimum absolute atomic E-state index is 0.0874. The maximum Gasteiger partial charge on any atom is 0.237 e. The van der Waals surface area contributed by atoms with Gasteiger partial charge in [-0.05, 0) is 68.6 Å². The summed E-state index contributed by atoms with van der Waals surface area (Å²) in [6, 6.07) is 0.705. The van der Waals surface area contributed by atoms with Crippen LogP contribution in [-0.2, 0) is 4.79 Å². The molecule has 0 aromatic carbocycles. The summed E-state index contributed by atoms with van der Waals surface area (Å²) in [5.41, 5.74) is 0.525. The summed E-state index contributed by atoms with van der Waals surface area (Å²) in [6.45, 7) is 0.947. The summed E-state index contributed by atoms with van der Waals surface area (Å²) in [5, 5.41) is 6.92. The molecule has 3 atom stereocenters. The van der Waals surface area contributed by atoms with Crippen molar-refractivity contribution in [1.82, 2.24) is 10.6 Å². The van der Waals surface area contributed by atoms with Crippen LogP contribution in [0.1, 0.15) is 64.2 Å². The molecule has 4 fully saturated rings. The number of carbonyl (C=O) groups excluding carboxylic acids is 1. The van der Waals surface area contributed by atoms with Gasteiger partial charge in [-0.3, -0.25) is 4.79 Å². The molecular weight excluding hydrogens is 248 g/mol. The average Bonchev–Trinajstić information content (AvgIpc) is 3.37. The van der Waals surface area contributed by atoms with Gasteiger partial charge in [0.15, 0.2) is 0 Å². The summed E-state index contributed by atoms with van der Waals surface area (Å²) in [4.78, 5) is 12.4. The van der Waals surface area contributed by atoms with Crippen molar-refractivity contribution in [3.63, 3.8) is 0 Å². The Morgan fingerprint density at radius 1 is 1.05 bits per heavy atom. The molecule has 3 unspecified atom stereocenters. The first-order valence-electron chi connectivity index (χ1n) is 8.81. The molecule has 1 heterocycles. The van der Waals surface area contributed by atoms with Crippen LogP contribution in [0.5, 0.6) is 0 Å². The van der Waals surface area contributed by atoms with Crippen molar-refractivity contribution in [2.75, 3.05) is 6.54 Å². The van der Waals surface area contributed by atoms with E-state index < -0.39 is 0 Å². The van der Waals surface area contributed by atoms with Gasteiger partial charge in [-0.15, -0.1) is 0 Å². The first kappa shape index (κ1) is 13.1. The van der Waals surface area contributed by atoms with Crippen molar-refractivity contribution < 1.29 is 4.79 Å². The Morgan fingerprint density at radius 2 is 1.85 bits per heavy atom. The normalized spacial score (nSPS) is 38.9. The molecule has 0 radical (unpaired) electrons. The molecule has 112 valence electrons. The van der Waals surface area contributed by atoms with Crippen LogP contribution in [0.25, 0.3) is 0 Å². The van der Waals surface area contributed by atoms with E-state index in [4.69, 9.17) is 0 Å². The number of hydrogen-bond acceptors (Lipinski definition) is 2. The minimum Gasteiger partial charge on any atom is -0.354 e. The molecule has 3 saturated carbocycles. The third kappa shape index (κ3) is 2.49. The SMILES string of the molecule is O=C(NCC1(C2CC2)CC1)C1CCC2CCCCC2N1. The number of amides is 1. The van der Waals surface area contributed by atoms with E-state index in [0.717, 1.165) is 24.8 Å². The van der Waals surface area contributed by atoms with Crippen LogP contribution in [0, 0.1) is 17.3 Å². The van der Waals surface area contributed by atoms with Gasteiger partial charge >= 0.3 is 0 Å². The molecule has 2 N–H and O–H groups in total. The Morgan fingerprint density at radius 3 is 2.60 bits per heavy atom. The van der Waals surface area contributed by atoms with Gasteiger partial charge in [0.25, 0.3) is 0 Å². The Hall–Kier alpha value is -0.570. The number of nitrogens with one attached hydrogen (secondary N) is 2. The van der Waals surface area contributed by atoms with Gasteiger partial charge in [-0.2, -0.15) is 0 Å². The Kier molecular flexibility index (Phi) is 3.29.